The Bertz CT molecular complexity index is 531. The van der Waals surface area contributed by atoms with Crippen LogP contribution < -0.4 is 5.43 Å². The molecule has 0 spiro atoms. The fourth-order valence-electron chi connectivity index (χ4n) is 2.82. The lowest BCUT2D eigenvalue weighted by Gasteiger charge is -2.16. The van der Waals surface area contributed by atoms with Crippen molar-refractivity contribution in [3.63, 3.8) is 0 Å². The molecule has 0 saturated carbocycles. The number of aliphatic hydroxyl groups is 1. The Hall–Kier alpha value is -1.88. The van der Waals surface area contributed by atoms with Crippen LogP contribution in [-0.4, -0.2) is 35.1 Å². The van der Waals surface area contributed by atoms with Gasteiger partial charge >= 0.3 is 0 Å². The molecule has 0 radical (unpaired) electrons. The lowest BCUT2D eigenvalue weighted by molar-refractivity contribution is -0.130. The highest BCUT2D eigenvalue weighted by Crippen LogP contribution is 2.29. The Balaban J connectivity index is 2.34. The maximum Gasteiger partial charge on any atom is 0.258 e. The van der Waals surface area contributed by atoms with Crippen LogP contribution in [0.15, 0.2) is 12.1 Å². The quantitative estimate of drug-likeness (QED) is 0.805. The van der Waals surface area contributed by atoms with Crippen molar-refractivity contribution in [1.82, 2.24) is 10.4 Å². The Morgan fingerprint density at radius 3 is 2.35 bits per heavy atom. The molecule has 1 unspecified atom stereocenters. The fraction of sp³-hybridized carbons (Fsp3) is 0.467. The molecule has 1 saturated heterocycles. The molecule has 1 fully saturated rings. The Morgan fingerprint density at radius 2 is 1.80 bits per heavy atom. The number of hydrogen-bond donors (Lipinski definition) is 2. The minimum atomic E-state index is -0.769. The van der Waals surface area contributed by atoms with Crippen LogP contribution in [0.5, 0.6) is 0 Å². The summed E-state index contributed by atoms with van der Waals surface area (Å²) in [6.45, 7) is 6.17. The van der Waals surface area contributed by atoms with Gasteiger partial charge in [-0.3, -0.25) is 20.0 Å². The first-order valence-electron chi connectivity index (χ1n) is 6.76. The summed E-state index contributed by atoms with van der Waals surface area (Å²) in [4.78, 5) is 24.5. The Kier molecular flexibility index (Phi) is 4.09. The lowest BCUT2D eigenvalue weighted by Crippen LogP contribution is -2.36. The van der Waals surface area contributed by atoms with E-state index in [-0.39, 0.29) is 18.4 Å². The number of hydrogen-bond acceptors (Lipinski definition) is 3. The number of nitrogens with one attached hydrogen (secondary N) is 1. The average molecular weight is 276 g/mol. The number of rotatable bonds is 4. The van der Waals surface area contributed by atoms with Gasteiger partial charge in [0.25, 0.3) is 11.8 Å². The molecule has 2 N–H and O–H groups in total. The van der Waals surface area contributed by atoms with Gasteiger partial charge in [0.15, 0.2) is 0 Å². The second kappa shape index (κ2) is 5.63. The minimum Gasteiger partial charge on any atom is -0.396 e. The molecule has 2 rings (SSSR count). The second-order valence-corrected chi connectivity index (χ2v) is 5.29. The van der Waals surface area contributed by atoms with Crippen LogP contribution in [0, 0.1) is 20.8 Å². The van der Waals surface area contributed by atoms with Crippen LogP contribution in [-0.2, 0) is 9.59 Å². The number of nitrogens with zero attached hydrogens (tertiary/aromatic N) is 1. The van der Waals surface area contributed by atoms with Crippen LogP contribution >= 0.6 is 0 Å². The van der Waals surface area contributed by atoms with E-state index in [1.165, 1.54) is 5.01 Å². The molecule has 0 aromatic heterocycles. The first-order chi connectivity index (χ1) is 9.45. The molecule has 1 aromatic rings. The number of aliphatic hydroxyl groups excluding tert-OH is 1. The monoisotopic (exact) mass is 276 g/mol. The zero-order chi connectivity index (χ0) is 14.9. The number of hydrazine groups is 1. The second-order valence-electron chi connectivity index (χ2n) is 5.29. The summed E-state index contributed by atoms with van der Waals surface area (Å²) in [5, 5.41) is 10.1. The third kappa shape index (κ3) is 2.54. The summed E-state index contributed by atoms with van der Waals surface area (Å²) in [5.74, 6) is -1.30. The van der Waals surface area contributed by atoms with Crippen molar-refractivity contribution in [2.75, 3.05) is 13.2 Å². The van der Waals surface area contributed by atoms with E-state index in [9.17, 15) is 9.59 Å². The molecule has 1 heterocycles. The summed E-state index contributed by atoms with van der Waals surface area (Å²) in [6, 6.07) is 3.97. The number of amides is 2. The van der Waals surface area contributed by atoms with Crippen LogP contribution in [0.1, 0.15) is 34.6 Å². The van der Waals surface area contributed by atoms with E-state index in [0.717, 1.165) is 22.3 Å². The van der Waals surface area contributed by atoms with E-state index < -0.39 is 5.92 Å². The SMILES string of the molecule is Cc1cc(C)c(C2C(=O)NN(CCCO)C2=O)c(C)c1. The van der Waals surface area contributed by atoms with Crippen molar-refractivity contribution < 1.29 is 14.7 Å². The Labute approximate surface area is 118 Å². The van der Waals surface area contributed by atoms with E-state index in [1.54, 1.807) is 0 Å². The molecule has 1 aliphatic heterocycles. The average Bonchev–Trinajstić information content (AvgIpc) is 2.63. The van der Waals surface area contributed by atoms with Gasteiger partial charge in [-0.15, -0.1) is 0 Å². The van der Waals surface area contributed by atoms with Gasteiger partial charge in [0.1, 0.15) is 5.92 Å². The van der Waals surface area contributed by atoms with Gasteiger partial charge in [-0.2, -0.15) is 0 Å². The number of carbonyl (C=O) groups is 2. The number of aryl methyl sites for hydroxylation is 3. The zero-order valence-corrected chi connectivity index (χ0v) is 12.1. The van der Waals surface area contributed by atoms with Crippen LogP contribution in [0.2, 0.25) is 0 Å². The molecule has 0 bridgehead atoms. The standard InChI is InChI=1S/C15H20N2O3/c1-9-7-10(2)12(11(3)8-9)13-14(19)16-17(15(13)20)5-4-6-18/h7-8,13,18H,4-6H2,1-3H3,(H,16,19). The van der Waals surface area contributed by atoms with E-state index >= 15 is 0 Å². The van der Waals surface area contributed by atoms with Gasteiger partial charge in [0.2, 0.25) is 0 Å². The molecule has 1 atom stereocenters. The van der Waals surface area contributed by atoms with Crippen LogP contribution in [0.3, 0.4) is 0 Å². The van der Waals surface area contributed by atoms with Gasteiger partial charge in [-0.25, -0.2) is 0 Å². The summed E-state index contributed by atoms with van der Waals surface area (Å²) >= 11 is 0. The van der Waals surface area contributed by atoms with Crippen molar-refractivity contribution >= 4 is 11.8 Å². The summed E-state index contributed by atoms with van der Waals surface area (Å²) in [7, 11) is 0. The maximum atomic E-state index is 12.4. The van der Waals surface area contributed by atoms with E-state index in [0.29, 0.717) is 13.0 Å². The van der Waals surface area contributed by atoms with Crippen molar-refractivity contribution in [3.8, 4) is 0 Å². The maximum absolute atomic E-state index is 12.4. The van der Waals surface area contributed by atoms with Crippen LogP contribution in [0.4, 0.5) is 0 Å². The predicted octanol–water partition coefficient (Wildman–Crippen LogP) is 0.951. The highest BCUT2D eigenvalue weighted by Gasteiger charge is 2.41. The van der Waals surface area contributed by atoms with Gasteiger partial charge in [0.05, 0.1) is 0 Å². The van der Waals surface area contributed by atoms with Crippen molar-refractivity contribution in [1.29, 1.82) is 0 Å². The van der Waals surface area contributed by atoms with Gasteiger partial charge < -0.3 is 5.11 Å². The molecule has 2 amide bonds. The van der Waals surface area contributed by atoms with Crippen molar-refractivity contribution in [2.45, 2.75) is 33.1 Å². The van der Waals surface area contributed by atoms with Gasteiger partial charge in [-0.1, -0.05) is 17.7 Å². The van der Waals surface area contributed by atoms with E-state index in [1.807, 2.05) is 32.9 Å². The normalized spacial score (nSPS) is 18.6. The smallest absolute Gasteiger partial charge is 0.258 e. The topological polar surface area (TPSA) is 69.6 Å². The van der Waals surface area contributed by atoms with E-state index in [2.05, 4.69) is 5.43 Å². The largest absolute Gasteiger partial charge is 0.396 e. The van der Waals surface area contributed by atoms with Crippen LogP contribution in [0.25, 0.3) is 0 Å². The minimum absolute atomic E-state index is 0.00704. The van der Waals surface area contributed by atoms with Crippen molar-refractivity contribution in [2.24, 2.45) is 0 Å². The summed E-state index contributed by atoms with van der Waals surface area (Å²) in [6.07, 6.45) is 0.449. The molecular formula is C15H20N2O3. The predicted molar refractivity (Wildman–Crippen MR) is 75.0 cm³/mol. The van der Waals surface area contributed by atoms with Gasteiger partial charge in [-0.05, 0) is 43.9 Å². The number of benzene rings is 1. The molecule has 5 heteroatoms. The third-order valence-electron chi connectivity index (χ3n) is 3.59. The fourth-order valence-corrected chi connectivity index (χ4v) is 2.82. The summed E-state index contributed by atoms with van der Waals surface area (Å²) in [5.41, 5.74) is 6.42. The third-order valence-corrected chi connectivity index (χ3v) is 3.59. The first kappa shape index (κ1) is 14.5. The molecule has 0 aliphatic carbocycles. The molecule has 1 aromatic carbocycles. The number of carbonyl (C=O) groups excluding carboxylic acids is 2. The highest BCUT2D eigenvalue weighted by molar-refractivity contribution is 6.10. The van der Waals surface area contributed by atoms with Crippen molar-refractivity contribution in [3.05, 3.63) is 34.4 Å². The highest BCUT2D eigenvalue weighted by atomic mass is 16.3. The van der Waals surface area contributed by atoms with E-state index in [4.69, 9.17) is 5.11 Å². The molecular weight excluding hydrogens is 256 g/mol. The summed E-state index contributed by atoms with van der Waals surface area (Å²) < 4.78 is 0. The van der Waals surface area contributed by atoms with Gasteiger partial charge in [0, 0.05) is 13.2 Å². The lowest BCUT2D eigenvalue weighted by atomic mass is 9.89. The molecule has 5 nitrogen and oxygen atoms in total. The molecule has 20 heavy (non-hydrogen) atoms. The zero-order valence-electron chi connectivity index (χ0n) is 12.1. The Morgan fingerprint density at radius 1 is 1.20 bits per heavy atom. The molecule has 108 valence electrons. The molecule has 1 aliphatic rings. The first-order valence-corrected chi connectivity index (χ1v) is 6.76.